The third-order valence-electron chi connectivity index (χ3n) is 3.33. The van der Waals surface area contributed by atoms with Crippen molar-refractivity contribution in [2.45, 2.75) is 25.9 Å². The molecule has 6 nitrogen and oxygen atoms in total. The Hall–Kier alpha value is -1.82. The first-order chi connectivity index (χ1) is 9.11. The standard InChI is InChI=1S/C13H19N3O3/c1-2-11-9-19-6-5-16(11)13(18)8-15-7-10(14)3-4-12(15)17/h3-4,7,11H,2,5-6,8-9,14H2,1H3. The molecule has 2 rings (SSSR count). The second kappa shape index (κ2) is 5.88. The number of nitrogens with zero attached hydrogens (tertiary/aromatic N) is 2. The Morgan fingerprint density at radius 1 is 1.53 bits per heavy atom. The SMILES string of the molecule is CCC1COCCN1C(=O)Cn1cc(N)ccc1=O. The second-order valence-electron chi connectivity index (χ2n) is 4.65. The number of morpholine rings is 1. The number of aromatic nitrogens is 1. The van der Waals surface area contributed by atoms with Crippen LogP contribution in [-0.2, 0) is 16.1 Å². The van der Waals surface area contributed by atoms with Crippen LogP contribution >= 0.6 is 0 Å². The van der Waals surface area contributed by atoms with Crippen molar-refractivity contribution in [1.82, 2.24) is 9.47 Å². The van der Waals surface area contributed by atoms with E-state index < -0.39 is 0 Å². The number of hydrogen-bond donors (Lipinski definition) is 1. The topological polar surface area (TPSA) is 77.6 Å². The number of carbonyl (C=O) groups is 1. The lowest BCUT2D eigenvalue weighted by molar-refractivity contribution is -0.140. The third-order valence-corrected chi connectivity index (χ3v) is 3.33. The normalized spacial score (nSPS) is 19.4. The Balaban J connectivity index is 2.11. The minimum atomic E-state index is -0.219. The smallest absolute Gasteiger partial charge is 0.251 e. The van der Waals surface area contributed by atoms with Crippen LogP contribution in [0.4, 0.5) is 5.69 Å². The molecule has 1 aliphatic rings. The van der Waals surface area contributed by atoms with Crippen molar-refractivity contribution in [2.75, 3.05) is 25.5 Å². The molecule has 2 heterocycles. The van der Waals surface area contributed by atoms with Crippen LogP contribution in [0.25, 0.3) is 0 Å². The lowest BCUT2D eigenvalue weighted by Crippen LogP contribution is -2.50. The maximum atomic E-state index is 12.3. The number of nitrogens with two attached hydrogens (primary N) is 1. The zero-order valence-corrected chi connectivity index (χ0v) is 11.0. The maximum Gasteiger partial charge on any atom is 0.251 e. The van der Waals surface area contributed by atoms with Crippen LogP contribution in [0.15, 0.2) is 23.1 Å². The van der Waals surface area contributed by atoms with E-state index in [-0.39, 0.29) is 24.1 Å². The summed E-state index contributed by atoms with van der Waals surface area (Å²) in [5.41, 5.74) is 5.89. The maximum absolute atomic E-state index is 12.3. The van der Waals surface area contributed by atoms with Crippen LogP contribution < -0.4 is 11.3 Å². The van der Waals surface area contributed by atoms with Crippen molar-refractivity contribution < 1.29 is 9.53 Å². The van der Waals surface area contributed by atoms with Crippen molar-refractivity contribution in [2.24, 2.45) is 0 Å². The molecule has 1 amide bonds. The Morgan fingerprint density at radius 2 is 2.32 bits per heavy atom. The van der Waals surface area contributed by atoms with Crippen LogP contribution in [0.2, 0.25) is 0 Å². The zero-order chi connectivity index (χ0) is 13.8. The van der Waals surface area contributed by atoms with E-state index in [4.69, 9.17) is 10.5 Å². The number of amides is 1. The number of ether oxygens (including phenoxy) is 1. The van der Waals surface area contributed by atoms with Gasteiger partial charge < -0.3 is 19.9 Å². The fraction of sp³-hybridized carbons (Fsp3) is 0.538. The molecule has 0 spiro atoms. The first kappa shape index (κ1) is 13.6. The average Bonchev–Trinajstić information content (AvgIpc) is 2.42. The summed E-state index contributed by atoms with van der Waals surface area (Å²) < 4.78 is 6.71. The molecule has 1 aliphatic heterocycles. The van der Waals surface area contributed by atoms with Crippen LogP contribution in [0.3, 0.4) is 0 Å². The fourth-order valence-corrected chi connectivity index (χ4v) is 2.23. The highest BCUT2D eigenvalue weighted by molar-refractivity contribution is 5.76. The molecule has 1 aromatic rings. The molecule has 1 unspecified atom stereocenters. The lowest BCUT2D eigenvalue weighted by atomic mass is 10.1. The summed E-state index contributed by atoms with van der Waals surface area (Å²) in [6.45, 7) is 3.74. The van der Waals surface area contributed by atoms with Crippen molar-refractivity contribution in [1.29, 1.82) is 0 Å². The summed E-state index contributed by atoms with van der Waals surface area (Å²) in [5, 5.41) is 0. The van der Waals surface area contributed by atoms with E-state index >= 15 is 0 Å². The van der Waals surface area contributed by atoms with Gasteiger partial charge in [-0.15, -0.1) is 0 Å². The van der Waals surface area contributed by atoms with Crippen LogP contribution in [-0.4, -0.2) is 41.2 Å². The molecule has 0 saturated carbocycles. The number of hydrogen-bond acceptors (Lipinski definition) is 4. The summed E-state index contributed by atoms with van der Waals surface area (Å²) in [6, 6.07) is 3.00. The van der Waals surface area contributed by atoms with Crippen LogP contribution in [0.1, 0.15) is 13.3 Å². The molecular weight excluding hydrogens is 246 g/mol. The lowest BCUT2D eigenvalue weighted by Gasteiger charge is -2.35. The fourth-order valence-electron chi connectivity index (χ4n) is 2.23. The molecule has 104 valence electrons. The Morgan fingerprint density at radius 3 is 3.05 bits per heavy atom. The number of pyridine rings is 1. The van der Waals surface area contributed by atoms with Gasteiger partial charge in [0, 0.05) is 24.5 Å². The van der Waals surface area contributed by atoms with Gasteiger partial charge in [0.2, 0.25) is 5.91 Å². The highest BCUT2D eigenvalue weighted by atomic mass is 16.5. The predicted octanol–water partition coefficient (Wildman–Crippen LogP) is 0.0679. The van der Waals surface area contributed by atoms with Gasteiger partial charge >= 0.3 is 0 Å². The van der Waals surface area contributed by atoms with Gasteiger partial charge in [-0.05, 0) is 12.5 Å². The quantitative estimate of drug-likeness (QED) is 0.839. The molecule has 6 heteroatoms. The number of nitrogen functional groups attached to an aromatic ring is 1. The predicted molar refractivity (Wildman–Crippen MR) is 71.7 cm³/mol. The number of rotatable bonds is 3. The Bertz CT molecular complexity index is 512. The van der Waals surface area contributed by atoms with Crippen molar-refractivity contribution >= 4 is 11.6 Å². The molecule has 1 fully saturated rings. The van der Waals surface area contributed by atoms with Crippen LogP contribution in [0.5, 0.6) is 0 Å². The van der Waals surface area contributed by atoms with E-state index in [0.717, 1.165) is 6.42 Å². The van der Waals surface area contributed by atoms with Gasteiger partial charge in [-0.2, -0.15) is 0 Å². The highest BCUT2D eigenvalue weighted by Crippen LogP contribution is 2.11. The molecule has 1 atom stereocenters. The summed E-state index contributed by atoms with van der Waals surface area (Å²) in [7, 11) is 0. The van der Waals surface area contributed by atoms with E-state index in [2.05, 4.69) is 0 Å². The largest absolute Gasteiger partial charge is 0.398 e. The molecule has 19 heavy (non-hydrogen) atoms. The molecule has 0 radical (unpaired) electrons. The molecular formula is C13H19N3O3. The van der Waals surface area contributed by atoms with Gasteiger partial charge in [-0.1, -0.05) is 6.92 Å². The Labute approximate surface area is 111 Å². The van der Waals surface area contributed by atoms with Gasteiger partial charge in [0.05, 0.1) is 19.3 Å². The van der Waals surface area contributed by atoms with E-state index in [0.29, 0.717) is 25.4 Å². The molecule has 2 N–H and O–H groups in total. The van der Waals surface area contributed by atoms with Crippen LogP contribution in [0, 0.1) is 0 Å². The van der Waals surface area contributed by atoms with E-state index in [1.807, 2.05) is 6.92 Å². The molecule has 0 aliphatic carbocycles. The summed E-state index contributed by atoms with van der Waals surface area (Å²) in [4.78, 5) is 25.7. The van der Waals surface area contributed by atoms with Crippen molar-refractivity contribution in [3.05, 3.63) is 28.7 Å². The minimum absolute atomic E-state index is 0.0281. The third kappa shape index (κ3) is 3.14. The van der Waals surface area contributed by atoms with E-state index in [9.17, 15) is 9.59 Å². The molecule has 0 bridgehead atoms. The van der Waals surface area contributed by atoms with Gasteiger partial charge in [-0.3, -0.25) is 9.59 Å². The Kier molecular flexibility index (Phi) is 4.21. The molecule has 1 aromatic heterocycles. The van der Waals surface area contributed by atoms with Gasteiger partial charge in [0.25, 0.3) is 5.56 Å². The second-order valence-corrected chi connectivity index (χ2v) is 4.65. The summed E-state index contributed by atoms with van der Waals surface area (Å²) in [6.07, 6.45) is 2.35. The van der Waals surface area contributed by atoms with Gasteiger partial charge in [-0.25, -0.2) is 0 Å². The highest BCUT2D eigenvalue weighted by Gasteiger charge is 2.25. The number of anilines is 1. The van der Waals surface area contributed by atoms with Gasteiger partial charge in [0.1, 0.15) is 6.54 Å². The molecule has 0 aromatic carbocycles. The van der Waals surface area contributed by atoms with Crippen molar-refractivity contribution in [3.8, 4) is 0 Å². The first-order valence-corrected chi connectivity index (χ1v) is 6.45. The van der Waals surface area contributed by atoms with Crippen molar-refractivity contribution in [3.63, 3.8) is 0 Å². The van der Waals surface area contributed by atoms with E-state index in [1.54, 1.807) is 4.90 Å². The monoisotopic (exact) mass is 265 g/mol. The van der Waals surface area contributed by atoms with E-state index in [1.165, 1.54) is 22.9 Å². The summed E-state index contributed by atoms with van der Waals surface area (Å²) in [5.74, 6) is -0.0668. The average molecular weight is 265 g/mol. The van der Waals surface area contributed by atoms with Gasteiger partial charge in [0.15, 0.2) is 0 Å². The summed E-state index contributed by atoms with van der Waals surface area (Å²) >= 11 is 0. The first-order valence-electron chi connectivity index (χ1n) is 6.45. The molecule has 1 saturated heterocycles. The minimum Gasteiger partial charge on any atom is -0.398 e. The zero-order valence-electron chi connectivity index (χ0n) is 11.0. The number of carbonyl (C=O) groups excluding carboxylic acids is 1.